The minimum absolute atomic E-state index is 0. The molecule has 3 rings (SSSR count). The molecule has 0 aliphatic rings. The molecule has 0 atom stereocenters. The third-order valence-electron chi connectivity index (χ3n) is 3.89. The predicted octanol–water partition coefficient (Wildman–Crippen LogP) is 1.83. The molecule has 0 spiro atoms. The van der Waals surface area contributed by atoms with Crippen LogP contribution in [0.2, 0.25) is 0 Å². The summed E-state index contributed by atoms with van der Waals surface area (Å²) in [5.41, 5.74) is 4.51. The van der Waals surface area contributed by atoms with Crippen molar-refractivity contribution >= 4 is 14.3 Å². The van der Waals surface area contributed by atoms with Crippen molar-refractivity contribution in [2.75, 3.05) is 0 Å². The molecule has 23 heavy (non-hydrogen) atoms. The third kappa shape index (κ3) is 5.68. The van der Waals surface area contributed by atoms with E-state index in [2.05, 4.69) is 91.0 Å². The summed E-state index contributed by atoms with van der Waals surface area (Å²) in [6.07, 6.45) is 0. The summed E-state index contributed by atoms with van der Waals surface area (Å²) in [4.78, 5) is 0. The van der Waals surface area contributed by atoms with Crippen LogP contribution in [0.3, 0.4) is 0 Å². The minimum atomic E-state index is -1.22. The Morgan fingerprint density at radius 2 is 0.696 bits per heavy atom. The Bertz CT molecular complexity index is 569. The van der Waals surface area contributed by atoms with Crippen LogP contribution in [0.5, 0.6) is 0 Å². The van der Waals surface area contributed by atoms with Crippen LogP contribution in [0.15, 0.2) is 91.0 Å². The maximum absolute atomic E-state index is 2.28. The van der Waals surface area contributed by atoms with Crippen LogP contribution in [0, 0.1) is 0 Å². The second-order valence-corrected chi connectivity index (χ2v) is 11.1. The molecule has 3 aromatic rings. The van der Waals surface area contributed by atoms with Gasteiger partial charge < -0.3 is 4.70 Å². The van der Waals surface area contributed by atoms with Gasteiger partial charge in [0.2, 0.25) is 0 Å². The average molecular weight is 365 g/mol. The molecular formula is C21H21FGe. The topological polar surface area (TPSA) is 0 Å². The van der Waals surface area contributed by atoms with Crippen molar-refractivity contribution in [2.24, 2.45) is 0 Å². The van der Waals surface area contributed by atoms with E-state index in [0.29, 0.717) is 0 Å². The molecule has 116 valence electrons. The number of halogens is 1. The van der Waals surface area contributed by atoms with E-state index in [0.717, 1.165) is 0 Å². The Labute approximate surface area is 142 Å². The summed E-state index contributed by atoms with van der Waals surface area (Å²) in [6, 6.07) is 33.0. The molecule has 0 aromatic heterocycles. The first kappa shape index (κ1) is 17.5. The van der Waals surface area contributed by atoms with Crippen LogP contribution in [-0.4, -0.2) is 14.3 Å². The zero-order chi connectivity index (χ0) is 15.0. The fourth-order valence-electron chi connectivity index (χ4n) is 2.84. The summed E-state index contributed by atoms with van der Waals surface area (Å²) >= 11 is -1.22. The van der Waals surface area contributed by atoms with Gasteiger partial charge in [-0.3, -0.25) is 0 Å². The van der Waals surface area contributed by atoms with Crippen molar-refractivity contribution in [2.45, 2.75) is 15.8 Å². The summed E-state index contributed by atoms with van der Waals surface area (Å²) in [7, 11) is 0. The zero-order valence-electron chi connectivity index (χ0n) is 13.2. The molecule has 0 saturated carbocycles. The third-order valence-corrected chi connectivity index (χ3v) is 9.61. The van der Waals surface area contributed by atoms with E-state index in [1.54, 1.807) is 0 Å². The van der Waals surface area contributed by atoms with Crippen LogP contribution in [0.4, 0.5) is 0 Å². The van der Waals surface area contributed by atoms with Crippen molar-refractivity contribution in [3.05, 3.63) is 108 Å². The maximum atomic E-state index is 2.28. The Hall–Kier alpha value is -1.87. The van der Waals surface area contributed by atoms with Crippen LogP contribution in [-0.2, 0) is 15.8 Å². The van der Waals surface area contributed by atoms with E-state index in [9.17, 15) is 0 Å². The van der Waals surface area contributed by atoms with Gasteiger partial charge in [-0.05, 0) is 0 Å². The summed E-state index contributed by atoms with van der Waals surface area (Å²) in [5, 5.41) is 3.89. The molecule has 0 aliphatic heterocycles. The van der Waals surface area contributed by atoms with Gasteiger partial charge in [-0.1, -0.05) is 0 Å². The average Bonchev–Trinajstić information content (AvgIpc) is 2.57. The van der Waals surface area contributed by atoms with E-state index >= 15 is 0 Å². The van der Waals surface area contributed by atoms with Gasteiger partial charge in [-0.15, -0.1) is 0 Å². The van der Waals surface area contributed by atoms with Crippen LogP contribution in [0.25, 0.3) is 0 Å². The normalized spacial score (nSPS) is 9.91. The van der Waals surface area contributed by atoms with Crippen molar-refractivity contribution in [3.8, 4) is 0 Å². The van der Waals surface area contributed by atoms with Gasteiger partial charge in [0.25, 0.3) is 0 Å². The van der Waals surface area contributed by atoms with Crippen molar-refractivity contribution < 1.29 is 4.70 Å². The Balaban J connectivity index is 0.00000192. The number of rotatable bonds is 6. The van der Waals surface area contributed by atoms with E-state index in [4.69, 9.17) is 0 Å². The second kappa shape index (κ2) is 9.31. The van der Waals surface area contributed by atoms with Gasteiger partial charge in [0.05, 0.1) is 0 Å². The molecule has 0 fully saturated rings. The molecule has 0 amide bonds. The van der Waals surface area contributed by atoms with Gasteiger partial charge >= 0.3 is 138 Å². The fraction of sp³-hybridized carbons (Fsp3) is 0.143. The molecule has 0 nitrogen and oxygen atoms in total. The Morgan fingerprint density at radius 1 is 0.435 bits per heavy atom. The van der Waals surface area contributed by atoms with E-state index in [1.165, 1.54) is 32.5 Å². The van der Waals surface area contributed by atoms with Gasteiger partial charge in [0.15, 0.2) is 0 Å². The predicted molar refractivity (Wildman–Crippen MR) is 96.2 cm³/mol. The standard InChI is InChI=1S/C21H21Ge.FH/c1-4-10-19(11-5-1)16-22(17-20-12-6-2-7-13-20)18-21-14-8-3-9-15-21;/h1-15H,16-18H2;1H/q+1;/p-1. The first-order chi connectivity index (χ1) is 10.9. The van der Waals surface area contributed by atoms with Crippen molar-refractivity contribution in [1.82, 2.24) is 0 Å². The molecular weight excluding hydrogens is 344 g/mol. The van der Waals surface area contributed by atoms with E-state index in [1.807, 2.05) is 0 Å². The summed E-state index contributed by atoms with van der Waals surface area (Å²) < 4.78 is 0. The van der Waals surface area contributed by atoms with E-state index in [-0.39, 0.29) is 4.70 Å². The molecule has 0 bridgehead atoms. The van der Waals surface area contributed by atoms with Crippen LogP contribution >= 0.6 is 0 Å². The number of hydrogen-bond acceptors (Lipinski definition) is 0. The van der Waals surface area contributed by atoms with Crippen molar-refractivity contribution in [3.63, 3.8) is 0 Å². The summed E-state index contributed by atoms with van der Waals surface area (Å²) in [5.74, 6) is 0. The second-order valence-electron chi connectivity index (χ2n) is 5.74. The number of benzene rings is 3. The van der Waals surface area contributed by atoms with Gasteiger partial charge in [-0.2, -0.15) is 0 Å². The molecule has 0 unspecified atom stereocenters. The summed E-state index contributed by atoms with van der Waals surface area (Å²) in [6.45, 7) is 0. The first-order valence-corrected chi connectivity index (χ1v) is 12.3. The molecule has 2 heteroatoms. The van der Waals surface area contributed by atoms with E-state index < -0.39 is 14.3 Å². The van der Waals surface area contributed by atoms with Gasteiger partial charge in [0.1, 0.15) is 0 Å². The quantitative estimate of drug-likeness (QED) is 0.585. The Morgan fingerprint density at radius 3 is 0.957 bits per heavy atom. The molecule has 3 aromatic carbocycles. The first-order valence-electron chi connectivity index (χ1n) is 7.85. The number of hydrogen-bond donors (Lipinski definition) is 0. The molecule has 0 radical (unpaired) electrons. The van der Waals surface area contributed by atoms with Crippen molar-refractivity contribution in [1.29, 1.82) is 0 Å². The molecule has 0 N–H and O–H groups in total. The molecule has 0 heterocycles. The van der Waals surface area contributed by atoms with Crippen LogP contribution in [0.1, 0.15) is 16.7 Å². The van der Waals surface area contributed by atoms with Gasteiger partial charge in [-0.25, -0.2) is 0 Å². The SMILES string of the molecule is [F-].c1ccc([CH2][Ge+]([CH2]c2ccccc2)[CH2]c2ccccc2)cc1. The fourth-order valence-corrected chi connectivity index (χ4v) is 8.75. The molecule has 0 aliphatic carbocycles. The zero-order valence-corrected chi connectivity index (χ0v) is 15.3. The Kier molecular flexibility index (Phi) is 7.08. The molecule has 0 saturated heterocycles. The van der Waals surface area contributed by atoms with Gasteiger partial charge in [0, 0.05) is 0 Å². The van der Waals surface area contributed by atoms with Crippen LogP contribution < -0.4 is 4.70 Å². The monoisotopic (exact) mass is 366 g/mol.